The molecular formula is C11H10BrClN2O5. The predicted octanol–water partition coefficient (Wildman–Crippen LogP) is 1.85. The molecule has 0 radical (unpaired) electrons. The molecule has 3 amide bonds. The standard InChI is InChI=1S/C11H10BrClN2O5/c12-6-1-2-7(13)8(3-6)14-11(19)15-9(16)4-20-5-10(17)18/h1-3H,4-5H2,(H,17,18)(H2,14,15,16,19). The molecule has 1 aromatic rings. The number of hydrogen-bond acceptors (Lipinski definition) is 4. The lowest BCUT2D eigenvalue weighted by Gasteiger charge is -2.08. The summed E-state index contributed by atoms with van der Waals surface area (Å²) >= 11 is 9.07. The van der Waals surface area contributed by atoms with E-state index in [0.717, 1.165) is 0 Å². The number of aliphatic carboxylic acids is 1. The van der Waals surface area contributed by atoms with Gasteiger partial charge in [-0.25, -0.2) is 9.59 Å². The summed E-state index contributed by atoms with van der Waals surface area (Å²) in [5.74, 6) is -1.97. The van der Waals surface area contributed by atoms with Gasteiger partial charge in [-0.1, -0.05) is 27.5 Å². The number of rotatable bonds is 5. The van der Waals surface area contributed by atoms with Gasteiger partial charge >= 0.3 is 12.0 Å². The topological polar surface area (TPSA) is 105 Å². The first-order valence-electron chi connectivity index (χ1n) is 5.24. The fraction of sp³-hybridized carbons (Fsp3) is 0.182. The number of carboxylic acid groups (broad SMARTS) is 1. The molecule has 1 aromatic carbocycles. The zero-order valence-electron chi connectivity index (χ0n) is 9.98. The fourth-order valence-electron chi connectivity index (χ4n) is 1.14. The molecule has 1 rings (SSSR count). The van der Waals surface area contributed by atoms with Gasteiger partial charge in [0.15, 0.2) is 0 Å². The average molecular weight is 366 g/mol. The van der Waals surface area contributed by atoms with Crippen molar-refractivity contribution in [2.24, 2.45) is 0 Å². The first-order valence-corrected chi connectivity index (χ1v) is 6.41. The van der Waals surface area contributed by atoms with Crippen molar-refractivity contribution in [3.8, 4) is 0 Å². The van der Waals surface area contributed by atoms with Crippen molar-refractivity contribution in [2.45, 2.75) is 0 Å². The number of halogens is 2. The zero-order valence-corrected chi connectivity index (χ0v) is 12.3. The van der Waals surface area contributed by atoms with E-state index in [1.807, 2.05) is 5.32 Å². The number of hydrogen-bond donors (Lipinski definition) is 3. The molecule has 0 unspecified atom stereocenters. The molecule has 7 nitrogen and oxygen atoms in total. The minimum absolute atomic E-state index is 0.304. The Balaban J connectivity index is 2.45. The first-order chi connectivity index (χ1) is 9.38. The highest BCUT2D eigenvalue weighted by atomic mass is 79.9. The maximum atomic E-state index is 11.5. The molecule has 20 heavy (non-hydrogen) atoms. The van der Waals surface area contributed by atoms with Crippen LogP contribution in [0.3, 0.4) is 0 Å². The van der Waals surface area contributed by atoms with Crippen LogP contribution in [0.5, 0.6) is 0 Å². The van der Waals surface area contributed by atoms with Crippen LogP contribution < -0.4 is 10.6 Å². The highest BCUT2D eigenvalue weighted by Gasteiger charge is 2.10. The van der Waals surface area contributed by atoms with Crippen molar-refractivity contribution in [3.05, 3.63) is 27.7 Å². The molecule has 0 atom stereocenters. The second kappa shape index (κ2) is 7.83. The number of urea groups is 1. The van der Waals surface area contributed by atoms with Gasteiger partial charge in [-0.2, -0.15) is 0 Å². The third-order valence-electron chi connectivity index (χ3n) is 1.89. The van der Waals surface area contributed by atoms with Crippen molar-refractivity contribution in [3.63, 3.8) is 0 Å². The van der Waals surface area contributed by atoms with Crippen molar-refractivity contribution in [2.75, 3.05) is 18.5 Å². The van der Waals surface area contributed by atoms with E-state index in [2.05, 4.69) is 26.0 Å². The van der Waals surface area contributed by atoms with E-state index in [0.29, 0.717) is 15.2 Å². The van der Waals surface area contributed by atoms with Crippen LogP contribution in [0.25, 0.3) is 0 Å². The molecule has 0 fully saturated rings. The average Bonchev–Trinajstić information content (AvgIpc) is 2.33. The lowest BCUT2D eigenvalue weighted by molar-refractivity contribution is -0.143. The Bertz CT molecular complexity index is 538. The Labute approximate surface area is 127 Å². The fourth-order valence-corrected chi connectivity index (χ4v) is 1.67. The Morgan fingerprint density at radius 3 is 2.65 bits per heavy atom. The molecule has 0 aliphatic rings. The van der Waals surface area contributed by atoms with Crippen molar-refractivity contribution in [1.29, 1.82) is 0 Å². The number of nitrogens with one attached hydrogen (secondary N) is 2. The molecule has 0 saturated carbocycles. The van der Waals surface area contributed by atoms with E-state index in [9.17, 15) is 14.4 Å². The van der Waals surface area contributed by atoms with Crippen molar-refractivity contribution >= 4 is 51.1 Å². The quantitative estimate of drug-likeness (QED) is 0.738. The summed E-state index contributed by atoms with van der Waals surface area (Å²) in [7, 11) is 0. The third-order valence-corrected chi connectivity index (χ3v) is 2.71. The van der Waals surface area contributed by atoms with Gasteiger partial charge in [-0.05, 0) is 18.2 Å². The van der Waals surface area contributed by atoms with Gasteiger partial charge in [0.05, 0.1) is 10.7 Å². The number of anilines is 1. The lowest BCUT2D eigenvalue weighted by atomic mass is 10.3. The zero-order chi connectivity index (χ0) is 15.1. The maximum absolute atomic E-state index is 11.5. The maximum Gasteiger partial charge on any atom is 0.329 e. The molecule has 0 aliphatic heterocycles. The van der Waals surface area contributed by atoms with E-state index in [1.54, 1.807) is 18.2 Å². The molecule has 0 heterocycles. The lowest BCUT2D eigenvalue weighted by Crippen LogP contribution is -2.37. The molecular weight excluding hydrogens is 355 g/mol. The van der Waals surface area contributed by atoms with Crippen LogP contribution in [0.4, 0.5) is 10.5 Å². The highest BCUT2D eigenvalue weighted by Crippen LogP contribution is 2.25. The van der Waals surface area contributed by atoms with Crippen molar-refractivity contribution in [1.82, 2.24) is 5.32 Å². The summed E-state index contributed by atoms with van der Waals surface area (Å²) in [4.78, 5) is 32.9. The molecule has 3 N–H and O–H groups in total. The molecule has 0 aromatic heterocycles. The van der Waals surface area contributed by atoms with Crippen LogP contribution in [0.15, 0.2) is 22.7 Å². The van der Waals surface area contributed by atoms with E-state index < -0.39 is 31.1 Å². The predicted molar refractivity (Wildman–Crippen MR) is 74.8 cm³/mol. The Kier molecular flexibility index (Phi) is 6.43. The van der Waals surface area contributed by atoms with Crippen LogP contribution in [-0.4, -0.2) is 36.2 Å². The van der Waals surface area contributed by atoms with Gasteiger partial charge in [0, 0.05) is 4.47 Å². The molecule has 108 valence electrons. The minimum Gasteiger partial charge on any atom is -0.480 e. The normalized spacial score (nSPS) is 9.90. The van der Waals surface area contributed by atoms with Crippen molar-refractivity contribution < 1.29 is 24.2 Å². The number of amides is 3. The number of carboxylic acids is 1. The largest absolute Gasteiger partial charge is 0.480 e. The van der Waals surface area contributed by atoms with Gasteiger partial charge in [-0.3, -0.25) is 10.1 Å². The summed E-state index contributed by atoms with van der Waals surface area (Å²) in [6.45, 7) is -1.15. The van der Waals surface area contributed by atoms with Crippen LogP contribution in [0.2, 0.25) is 5.02 Å². The molecule has 0 spiro atoms. The number of carbonyl (C=O) groups is 3. The number of imide groups is 1. The van der Waals surface area contributed by atoms with E-state index in [4.69, 9.17) is 16.7 Å². The minimum atomic E-state index is -1.21. The Morgan fingerprint density at radius 1 is 1.30 bits per heavy atom. The van der Waals surface area contributed by atoms with Gasteiger partial charge in [0.1, 0.15) is 13.2 Å². The smallest absolute Gasteiger partial charge is 0.329 e. The van der Waals surface area contributed by atoms with Gasteiger partial charge in [-0.15, -0.1) is 0 Å². The number of ether oxygens (including phenoxy) is 1. The van der Waals surface area contributed by atoms with E-state index >= 15 is 0 Å². The highest BCUT2D eigenvalue weighted by molar-refractivity contribution is 9.10. The molecule has 0 aliphatic carbocycles. The SMILES string of the molecule is O=C(O)COCC(=O)NC(=O)Nc1cc(Br)ccc1Cl. The summed E-state index contributed by atoms with van der Waals surface area (Å²) in [5, 5.41) is 13.0. The van der Waals surface area contributed by atoms with Gasteiger partial charge in [0.25, 0.3) is 5.91 Å². The van der Waals surface area contributed by atoms with Gasteiger partial charge < -0.3 is 15.2 Å². The summed E-state index contributed by atoms with van der Waals surface area (Å²) < 4.78 is 5.23. The van der Waals surface area contributed by atoms with Crippen LogP contribution >= 0.6 is 27.5 Å². The second-order valence-electron chi connectivity index (χ2n) is 3.51. The Hall–Kier alpha value is -1.64. The van der Waals surface area contributed by atoms with Crippen LogP contribution in [0, 0.1) is 0 Å². The van der Waals surface area contributed by atoms with Crippen LogP contribution in [0.1, 0.15) is 0 Å². The van der Waals surface area contributed by atoms with Gasteiger partial charge in [0.2, 0.25) is 0 Å². The van der Waals surface area contributed by atoms with E-state index in [1.165, 1.54) is 0 Å². The number of benzene rings is 1. The summed E-state index contributed by atoms with van der Waals surface area (Å²) in [6.07, 6.45) is 0. The molecule has 0 saturated heterocycles. The second-order valence-corrected chi connectivity index (χ2v) is 4.84. The third kappa shape index (κ3) is 6.00. The number of carbonyl (C=O) groups excluding carboxylic acids is 2. The first kappa shape index (κ1) is 16.4. The monoisotopic (exact) mass is 364 g/mol. The molecule has 0 bridgehead atoms. The Morgan fingerprint density at radius 2 is 2.00 bits per heavy atom. The summed E-state index contributed by atoms with van der Waals surface area (Å²) in [6, 6.07) is 4.02. The van der Waals surface area contributed by atoms with Crippen LogP contribution in [-0.2, 0) is 14.3 Å². The van der Waals surface area contributed by atoms with E-state index in [-0.39, 0.29) is 0 Å². The molecule has 9 heteroatoms. The summed E-state index contributed by atoms with van der Waals surface area (Å²) in [5.41, 5.74) is 0.317.